The zero-order chi connectivity index (χ0) is 25.6. The molecule has 5 nitrogen and oxygen atoms in total. The predicted octanol–water partition coefficient (Wildman–Crippen LogP) is 5.13. The lowest BCUT2D eigenvalue weighted by Gasteiger charge is -2.62. The third-order valence-corrected chi connectivity index (χ3v) is 9.89. The van der Waals surface area contributed by atoms with E-state index in [2.05, 4.69) is 89.4 Å². The third-order valence-electron chi connectivity index (χ3n) is 9.89. The Balaban J connectivity index is 1.42. The highest BCUT2D eigenvalue weighted by Crippen LogP contribution is 2.69. The van der Waals surface area contributed by atoms with E-state index in [9.17, 15) is 5.11 Å². The highest BCUT2D eigenvalue weighted by atomic mass is 16.5. The van der Waals surface area contributed by atoms with Gasteiger partial charge in [-0.05, 0) is 54.8 Å². The van der Waals surface area contributed by atoms with E-state index >= 15 is 0 Å². The number of benzene rings is 3. The minimum atomic E-state index is -0.940. The van der Waals surface area contributed by atoms with Crippen LogP contribution >= 0.6 is 0 Å². The average Bonchev–Trinajstić information content (AvgIpc) is 3.46. The second kappa shape index (κ2) is 7.75. The molecule has 0 amide bonds. The molecule has 4 aromatic rings. The van der Waals surface area contributed by atoms with Crippen molar-refractivity contribution in [3.8, 4) is 22.6 Å². The molecule has 192 valence electrons. The number of rotatable bonds is 4. The van der Waals surface area contributed by atoms with Gasteiger partial charge < -0.3 is 24.0 Å². The Kier molecular flexibility index (Phi) is 4.58. The fourth-order valence-corrected chi connectivity index (χ4v) is 8.23. The van der Waals surface area contributed by atoms with Gasteiger partial charge in [-0.15, -0.1) is 0 Å². The van der Waals surface area contributed by atoms with E-state index in [1.54, 1.807) is 7.11 Å². The summed E-state index contributed by atoms with van der Waals surface area (Å²) in [5.41, 5.74) is 7.07. The number of aliphatic hydroxyl groups is 1. The summed E-state index contributed by atoms with van der Waals surface area (Å²) in [7, 11) is 3.88. The van der Waals surface area contributed by atoms with Crippen molar-refractivity contribution in [1.29, 1.82) is 0 Å². The van der Waals surface area contributed by atoms with Crippen LogP contribution in [0.2, 0.25) is 0 Å². The number of likely N-dealkylation sites (tertiary alicyclic amines) is 1. The van der Waals surface area contributed by atoms with Gasteiger partial charge in [-0.2, -0.15) is 0 Å². The lowest BCUT2D eigenvalue weighted by atomic mass is 9.49. The lowest BCUT2D eigenvalue weighted by Crippen LogP contribution is -2.74. The maximum absolute atomic E-state index is 13.0. The Bertz CT molecular complexity index is 1560. The summed E-state index contributed by atoms with van der Waals surface area (Å²) >= 11 is 0. The SMILES string of the molecule is COc1ccc2c3c1O[C@H]1c4c(c(-c5ccccc5)cn4Cc4ccccc4)C[C@@]4(O)C(C2)N(C)CC[C@]314. The molecule has 4 aliphatic rings. The zero-order valence-corrected chi connectivity index (χ0v) is 21.9. The second-order valence-corrected chi connectivity index (χ2v) is 11.5. The topological polar surface area (TPSA) is 46.9 Å². The Labute approximate surface area is 223 Å². The standard InChI is InChI=1S/C33H32N2O3/c1-34-16-15-32-28-23-13-14-26(37-2)30(28)38-31(32)29-24(18-33(32,36)27(34)17-23)25(22-11-7-4-8-12-22)20-35(29)19-21-9-5-3-6-10-21/h3-14,20,27,31,36H,15-19H2,1-2H3/t27?,31-,32-,33+/m0/s1. The van der Waals surface area contributed by atoms with Crippen LogP contribution in [0.15, 0.2) is 79.0 Å². The van der Waals surface area contributed by atoms with Gasteiger partial charge in [-0.3, -0.25) is 0 Å². The molecule has 1 spiro atoms. The highest BCUT2D eigenvalue weighted by Gasteiger charge is 2.72. The molecule has 3 heterocycles. The van der Waals surface area contributed by atoms with Gasteiger partial charge in [0, 0.05) is 36.3 Å². The summed E-state index contributed by atoms with van der Waals surface area (Å²) < 4.78 is 15.3. The van der Waals surface area contributed by atoms with Crippen LogP contribution < -0.4 is 9.47 Å². The maximum atomic E-state index is 13.0. The highest BCUT2D eigenvalue weighted by molar-refractivity contribution is 5.73. The molecule has 1 aromatic heterocycles. The van der Waals surface area contributed by atoms with Crippen LogP contribution in [0.25, 0.3) is 11.1 Å². The molecule has 1 N–H and O–H groups in total. The number of ether oxygens (including phenoxy) is 2. The molecule has 3 aromatic carbocycles. The number of piperidine rings is 1. The zero-order valence-electron chi connectivity index (χ0n) is 21.9. The Hall–Kier alpha value is -3.54. The van der Waals surface area contributed by atoms with Crippen molar-refractivity contribution in [1.82, 2.24) is 9.47 Å². The lowest BCUT2D eigenvalue weighted by molar-refractivity contribution is -0.168. The second-order valence-electron chi connectivity index (χ2n) is 11.5. The minimum absolute atomic E-state index is 0.0310. The van der Waals surface area contributed by atoms with Crippen LogP contribution in [-0.2, 0) is 24.8 Å². The van der Waals surface area contributed by atoms with Crippen LogP contribution in [0.3, 0.4) is 0 Å². The van der Waals surface area contributed by atoms with Gasteiger partial charge in [0.25, 0.3) is 0 Å². The maximum Gasteiger partial charge on any atom is 0.166 e. The summed E-state index contributed by atoms with van der Waals surface area (Å²) in [5, 5.41) is 13.0. The molecule has 0 radical (unpaired) electrons. The molecule has 1 unspecified atom stereocenters. The van der Waals surface area contributed by atoms with E-state index in [-0.39, 0.29) is 12.1 Å². The van der Waals surface area contributed by atoms with Gasteiger partial charge in [-0.25, -0.2) is 0 Å². The summed E-state index contributed by atoms with van der Waals surface area (Å²) in [4.78, 5) is 2.38. The number of hydrogen-bond acceptors (Lipinski definition) is 4. The fourth-order valence-electron chi connectivity index (χ4n) is 8.23. The number of aromatic nitrogens is 1. The first-order valence-electron chi connectivity index (χ1n) is 13.7. The smallest absolute Gasteiger partial charge is 0.166 e. The summed E-state index contributed by atoms with van der Waals surface area (Å²) in [6.07, 6.45) is 4.30. The molecule has 0 saturated carbocycles. The summed E-state index contributed by atoms with van der Waals surface area (Å²) in [6.45, 7) is 1.69. The predicted molar refractivity (Wildman–Crippen MR) is 147 cm³/mol. The van der Waals surface area contributed by atoms with Gasteiger partial charge in [0.2, 0.25) is 0 Å². The molecule has 8 rings (SSSR count). The van der Waals surface area contributed by atoms with Crippen molar-refractivity contribution < 1.29 is 14.6 Å². The van der Waals surface area contributed by atoms with Crippen LogP contribution in [0, 0.1) is 0 Å². The molecule has 38 heavy (non-hydrogen) atoms. The van der Waals surface area contributed by atoms with Gasteiger partial charge in [-0.1, -0.05) is 66.7 Å². The van der Waals surface area contributed by atoms with E-state index in [1.807, 2.05) is 6.07 Å². The quantitative estimate of drug-likeness (QED) is 0.419. The number of nitrogens with zero attached hydrogens (tertiary/aromatic N) is 2. The largest absolute Gasteiger partial charge is 0.493 e. The first-order valence-corrected chi connectivity index (χ1v) is 13.7. The number of hydrogen-bond donors (Lipinski definition) is 1. The van der Waals surface area contributed by atoms with Crippen molar-refractivity contribution in [2.45, 2.75) is 49.0 Å². The van der Waals surface area contributed by atoms with Crippen LogP contribution in [0.5, 0.6) is 11.5 Å². The van der Waals surface area contributed by atoms with Crippen LogP contribution in [-0.4, -0.2) is 46.9 Å². The molecule has 4 atom stereocenters. The van der Waals surface area contributed by atoms with Crippen molar-refractivity contribution in [2.75, 3.05) is 20.7 Å². The monoisotopic (exact) mass is 504 g/mol. The van der Waals surface area contributed by atoms with Crippen molar-refractivity contribution >= 4 is 0 Å². The average molecular weight is 505 g/mol. The minimum Gasteiger partial charge on any atom is -0.493 e. The molecular weight excluding hydrogens is 472 g/mol. The number of likely N-dealkylation sites (N-methyl/N-ethyl adjacent to an activating group) is 1. The van der Waals surface area contributed by atoms with E-state index in [0.717, 1.165) is 37.4 Å². The van der Waals surface area contributed by atoms with Crippen molar-refractivity contribution in [3.05, 3.63) is 107 Å². The molecule has 1 saturated heterocycles. The molecule has 2 bridgehead atoms. The molecule has 1 fully saturated rings. The van der Waals surface area contributed by atoms with Gasteiger partial charge in [0.05, 0.1) is 23.8 Å². The van der Waals surface area contributed by atoms with Crippen LogP contribution in [0.4, 0.5) is 0 Å². The van der Waals surface area contributed by atoms with E-state index in [4.69, 9.17) is 9.47 Å². The van der Waals surface area contributed by atoms with Gasteiger partial charge in [0.1, 0.15) is 0 Å². The summed E-state index contributed by atoms with van der Waals surface area (Å²) in [6, 6.07) is 25.5. The van der Waals surface area contributed by atoms with E-state index < -0.39 is 11.0 Å². The Morgan fingerprint density at radius 1 is 1.03 bits per heavy atom. The fraction of sp³-hybridized carbons (Fsp3) is 0.333. The molecule has 5 heteroatoms. The number of fused-ring (bicyclic) bond motifs is 2. The summed E-state index contributed by atoms with van der Waals surface area (Å²) in [5.74, 6) is 1.59. The van der Waals surface area contributed by atoms with Crippen molar-refractivity contribution in [2.24, 2.45) is 0 Å². The Morgan fingerprint density at radius 3 is 2.55 bits per heavy atom. The third kappa shape index (κ3) is 2.68. The van der Waals surface area contributed by atoms with Gasteiger partial charge >= 0.3 is 0 Å². The first kappa shape index (κ1) is 22.4. The van der Waals surface area contributed by atoms with E-state index in [1.165, 1.54) is 39.1 Å². The van der Waals surface area contributed by atoms with E-state index in [0.29, 0.717) is 6.42 Å². The van der Waals surface area contributed by atoms with Gasteiger partial charge in [0.15, 0.2) is 17.6 Å². The van der Waals surface area contributed by atoms with Crippen LogP contribution in [0.1, 0.15) is 40.5 Å². The Morgan fingerprint density at radius 2 is 1.79 bits per heavy atom. The molecule has 2 aliphatic heterocycles. The van der Waals surface area contributed by atoms with Crippen molar-refractivity contribution in [3.63, 3.8) is 0 Å². The molecule has 2 aliphatic carbocycles. The normalized spacial score (nSPS) is 28.4. The number of methoxy groups -OCH3 is 1. The first-order chi connectivity index (χ1) is 18.5. The molecular formula is C33H32N2O3.